The molecule has 0 saturated carbocycles. The number of Topliss-reactive ketones (excluding diaryl/α,β-unsaturated/α-hetero) is 1. The van der Waals surface area contributed by atoms with E-state index in [0.717, 1.165) is 62.6 Å². The molecule has 6 heterocycles. The van der Waals surface area contributed by atoms with Gasteiger partial charge in [-0.05, 0) is 37.0 Å². The Labute approximate surface area is 531 Å². The summed E-state index contributed by atoms with van der Waals surface area (Å²) in [6.07, 6.45) is 3.56. The second kappa shape index (κ2) is 28.2. The SMILES string of the molecule is CO[C@H]1/C=C/O[C@@]2(C)Oc3c(C)c(=O)c4c(O)c(c5oc6cc(N7CCN(CC(C)C)CC7)cc(OCc7ccc(CN8CCN(C(=O)CN9CCOCC9)CC8)cc7)c6nc5c4c3C2=O)NC(=O)/C(C)=C\C=C\[C@H](C)[C@H](O)[C@@H](C)[C@@H](O)[C@@H](C)[C@H](OC(C)=O)[C@@H]1C. The first-order chi connectivity index (χ1) is 43.4. The number of carbonyl (C=O) groups excluding carboxylic acids is 4. The van der Waals surface area contributed by atoms with Crippen molar-refractivity contribution in [2.75, 3.05) is 109 Å². The molecule has 22 heteroatoms. The van der Waals surface area contributed by atoms with Crippen LogP contribution < -0.4 is 25.1 Å². The number of fused-ring (bicyclic) bond motifs is 2. The van der Waals surface area contributed by atoms with E-state index < -0.39 is 82.7 Å². The Morgan fingerprint density at radius 2 is 1.51 bits per heavy atom. The number of phenolic OH excluding ortho intramolecular Hbond substituents is 1. The minimum atomic E-state index is -2.12. The highest BCUT2D eigenvalue weighted by atomic mass is 16.7. The number of ether oxygens (including phenoxy) is 6. The fourth-order valence-electron chi connectivity index (χ4n) is 13.2. The number of ketones is 1. The maximum atomic E-state index is 15.3. The minimum absolute atomic E-state index is 0.0309. The van der Waals surface area contributed by atoms with Gasteiger partial charge in [0.1, 0.15) is 35.2 Å². The van der Waals surface area contributed by atoms with Crippen molar-refractivity contribution in [2.45, 2.75) is 113 Å². The van der Waals surface area contributed by atoms with Crippen molar-refractivity contribution >= 4 is 67.9 Å². The van der Waals surface area contributed by atoms with E-state index in [9.17, 15) is 34.5 Å². The number of rotatable bonds is 12. The Bertz CT molecular complexity index is 3680. The van der Waals surface area contributed by atoms with Crippen molar-refractivity contribution in [3.05, 3.63) is 105 Å². The van der Waals surface area contributed by atoms with Crippen LogP contribution in [0.25, 0.3) is 33.0 Å². The highest BCUT2D eigenvalue weighted by Gasteiger charge is 2.50. The zero-order valence-corrected chi connectivity index (χ0v) is 54.3. The summed E-state index contributed by atoms with van der Waals surface area (Å²) in [6.45, 7) is 28.0. The number of hydrogen-bond acceptors (Lipinski definition) is 20. The lowest BCUT2D eigenvalue weighted by molar-refractivity contribution is -0.160. The monoisotopic (exact) mass is 1260 g/mol. The number of aliphatic hydroxyl groups is 2. The molecular formula is C69H89N7O15. The third kappa shape index (κ3) is 14.3. The fraction of sp³-hybridized carbons (Fsp3) is 0.536. The van der Waals surface area contributed by atoms with Gasteiger partial charge in [0.2, 0.25) is 5.91 Å². The van der Waals surface area contributed by atoms with Gasteiger partial charge in [0.05, 0.1) is 55.3 Å². The van der Waals surface area contributed by atoms with Gasteiger partial charge in [-0.2, -0.15) is 0 Å². The summed E-state index contributed by atoms with van der Waals surface area (Å²) in [5, 5.41) is 38.4. The van der Waals surface area contributed by atoms with Crippen LogP contribution in [0.1, 0.15) is 89.4 Å². The van der Waals surface area contributed by atoms with Crippen molar-refractivity contribution in [1.82, 2.24) is 24.6 Å². The van der Waals surface area contributed by atoms with Crippen molar-refractivity contribution in [2.24, 2.45) is 29.6 Å². The van der Waals surface area contributed by atoms with Gasteiger partial charge in [-0.15, -0.1) is 0 Å². The molecule has 4 aromatic carbocycles. The summed E-state index contributed by atoms with van der Waals surface area (Å²) < 4.78 is 43.6. The number of benzene rings is 4. The number of piperazine rings is 2. The van der Waals surface area contributed by atoms with Crippen LogP contribution in [-0.4, -0.2) is 193 Å². The molecular weight excluding hydrogens is 1170 g/mol. The van der Waals surface area contributed by atoms with E-state index in [0.29, 0.717) is 64.1 Å². The first-order valence-corrected chi connectivity index (χ1v) is 31.9. The Morgan fingerprint density at radius 1 is 0.824 bits per heavy atom. The summed E-state index contributed by atoms with van der Waals surface area (Å²) in [7, 11) is 1.45. The second-order valence-electron chi connectivity index (χ2n) is 25.9. The molecule has 22 nitrogen and oxygen atoms in total. The minimum Gasteiger partial charge on any atom is -0.505 e. The number of nitrogens with zero attached hydrogens (tertiary/aromatic N) is 6. The summed E-state index contributed by atoms with van der Waals surface area (Å²) in [5.41, 5.74) is 1.97. The molecule has 3 fully saturated rings. The molecule has 10 rings (SSSR count). The first kappa shape index (κ1) is 66.5. The van der Waals surface area contributed by atoms with Crippen LogP contribution in [0.4, 0.5) is 11.4 Å². The van der Waals surface area contributed by atoms with Gasteiger partial charge in [0.15, 0.2) is 28.1 Å². The van der Waals surface area contributed by atoms with Crippen molar-refractivity contribution in [3.8, 4) is 17.2 Å². The largest absolute Gasteiger partial charge is 0.505 e. The number of allylic oxidation sites excluding steroid dienone is 2. The molecule has 5 aliphatic heterocycles. The van der Waals surface area contributed by atoms with E-state index >= 15 is 4.79 Å². The number of aromatic nitrogens is 1. The summed E-state index contributed by atoms with van der Waals surface area (Å²) >= 11 is 0. The molecule has 0 unspecified atom stereocenters. The molecule has 0 aliphatic carbocycles. The fourth-order valence-corrected chi connectivity index (χ4v) is 13.2. The van der Waals surface area contributed by atoms with Crippen LogP contribution in [0.15, 0.2) is 81.7 Å². The van der Waals surface area contributed by atoms with Crippen molar-refractivity contribution in [1.29, 1.82) is 0 Å². The van der Waals surface area contributed by atoms with Gasteiger partial charge >= 0.3 is 11.8 Å². The topological polar surface area (TPSA) is 256 Å². The van der Waals surface area contributed by atoms with Crippen molar-refractivity contribution < 1.29 is 67.3 Å². The van der Waals surface area contributed by atoms with E-state index in [1.165, 1.54) is 46.3 Å². The second-order valence-corrected chi connectivity index (χ2v) is 25.9. The number of aromatic hydroxyl groups is 1. The number of phenols is 1. The van der Waals surface area contributed by atoms with E-state index in [4.69, 9.17) is 37.8 Å². The Kier molecular flexibility index (Phi) is 20.6. The zero-order valence-electron chi connectivity index (χ0n) is 54.3. The number of hydrogen-bond donors (Lipinski definition) is 4. The molecule has 5 aromatic rings. The maximum absolute atomic E-state index is 15.3. The molecule has 2 amide bonds. The molecule has 0 radical (unpaired) electrons. The number of nitrogens with one attached hydrogen (secondary N) is 1. The van der Waals surface area contributed by atoms with Crippen LogP contribution >= 0.6 is 0 Å². The number of esters is 1. The Hall–Kier alpha value is -7.44. The molecule has 4 N–H and O–H groups in total. The van der Waals surface area contributed by atoms with Crippen LogP contribution in [0.2, 0.25) is 0 Å². The molecule has 4 bridgehead atoms. The van der Waals surface area contributed by atoms with Crippen LogP contribution in [-0.2, 0) is 46.5 Å². The standard InChI is InChI=1S/C69H89N7O15/c1-39(2)35-72-20-24-75(25-21-72)49-33-51(87-38-48-17-15-47(16-18-48)36-73-22-26-76(27-23-73)53(78)37-74-28-31-86-32-29-74)57-52(34-49)90-66-58(70-57)54-55-62(81)45(8)65-56(54)67(83)69(10,91-65)88-30-19-50(85-11)42(5)64(89-46(9)77)44(7)61(80)43(6)60(79)40(3)13-12-14-41(4)68(84)71-59(66)63(55)82/h12-19,30,33-34,39-40,42-44,50,60-61,64,79-80,82H,20-29,31-32,35-38H2,1-11H3,(H,71,84)/b13-12+,30-19+,41-14-/t40-,42+,43+,44+,50-,60-,61+,64+,69-/m0/s1. The maximum Gasteiger partial charge on any atom is 0.312 e. The Morgan fingerprint density at radius 3 is 2.18 bits per heavy atom. The third-order valence-electron chi connectivity index (χ3n) is 18.8. The quantitative estimate of drug-likeness (QED) is 0.0413. The first-order valence-electron chi connectivity index (χ1n) is 31.9. The molecule has 490 valence electrons. The molecule has 91 heavy (non-hydrogen) atoms. The lowest BCUT2D eigenvalue weighted by atomic mass is 9.78. The molecule has 0 spiro atoms. The number of morpholine rings is 1. The van der Waals surface area contributed by atoms with Gasteiger partial charge < -0.3 is 63.3 Å². The van der Waals surface area contributed by atoms with Gasteiger partial charge in [-0.3, -0.25) is 38.7 Å². The highest BCUT2D eigenvalue weighted by molar-refractivity contribution is 6.26. The summed E-state index contributed by atoms with van der Waals surface area (Å²) in [5.74, 6) is -6.58. The lowest BCUT2D eigenvalue weighted by Crippen LogP contribution is -2.51. The molecule has 5 aliphatic rings. The highest BCUT2D eigenvalue weighted by Crippen LogP contribution is 2.49. The van der Waals surface area contributed by atoms with E-state index in [2.05, 4.69) is 50.9 Å². The molecule has 1 aromatic heterocycles. The summed E-state index contributed by atoms with van der Waals surface area (Å²) in [4.78, 5) is 86.9. The van der Waals surface area contributed by atoms with Crippen molar-refractivity contribution in [3.63, 3.8) is 0 Å². The smallest absolute Gasteiger partial charge is 0.312 e. The molecule has 3 saturated heterocycles. The van der Waals surface area contributed by atoms with Crippen LogP contribution in [0.3, 0.4) is 0 Å². The number of amides is 2. The Balaban J connectivity index is 1.05. The van der Waals surface area contributed by atoms with Gasteiger partial charge in [-0.25, -0.2) is 4.98 Å². The predicted octanol–water partition coefficient (Wildman–Crippen LogP) is 7.33. The lowest BCUT2D eigenvalue weighted by Gasteiger charge is -2.38. The van der Waals surface area contributed by atoms with Gasteiger partial charge in [0, 0.05) is 158 Å². The zero-order chi connectivity index (χ0) is 65.2. The average molecular weight is 1260 g/mol. The van der Waals surface area contributed by atoms with E-state index in [1.54, 1.807) is 46.8 Å². The molecule has 9 atom stereocenters. The van der Waals surface area contributed by atoms with Crippen LogP contribution in [0, 0.1) is 36.5 Å². The van der Waals surface area contributed by atoms with E-state index in [-0.39, 0.29) is 73.6 Å². The number of carbonyl (C=O) groups is 4. The van der Waals surface area contributed by atoms with Crippen LogP contribution in [0.5, 0.6) is 17.2 Å². The predicted molar refractivity (Wildman–Crippen MR) is 345 cm³/mol. The normalized spacial score (nSPS) is 27.4. The number of anilines is 2. The number of aliphatic hydroxyl groups excluding tert-OH is 2. The number of methoxy groups -OCH3 is 1. The van der Waals surface area contributed by atoms with Gasteiger partial charge in [0.25, 0.3) is 11.7 Å². The average Bonchev–Trinajstić information content (AvgIpc) is 1.68. The van der Waals surface area contributed by atoms with E-state index in [1.807, 2.05) is 29.2 Å². The summed E-state index contributed by atoms with van der Waals surface area (Å²) in [6, 6.07) is 11.9. The third-order valence-corrected chi connectivity index (χ3v) is 18.8. The van der Waals surface area contributed by atoms with Gasteiger partial charge in [-0.1, -0.05) is 84.0 Å².